The van der Waals surface area contributed by atoms with Crippen molar-refractivity contribution in [3.05, 3.63) is 34.1 Å². The number of benzene rings is 1. The molecule has 0 amide bonds. The molecule has 1 aromatic carbocycles. The minimum absolute atomic E-state index is 0.168. The van der Waals surface area contributed by atoms with Gasteiger partial charge in [-0.3, -0.25) is 10.1 Å². The Labute approximate surface area is 115 Å². The molecule has 0 radical (unpaired) electrons. The van der Waals surface area contributed by atoms with Crippen LogP contribution < -0.4 is 5.73 Å². The van der Waals surface area contributed by atoms with Crippen LogP contribution in [0.4, 0.5) is 10.1 Å². The number of nitro benzene ring substituents is 1. The maximum atomic E-state index is 13.5. The standard InChI is InChI=1S/C11H14FN3O4S/c12-10-6-9(3-4-11(10)15(16)17)20(18,19)14-5-1-2-8(13)7-14/h3-4,6,8H,1-2,5,7,13H2/t8-/m1/s1. The summed E-state index contributed by atoms with van der Waals surface area (Å²) in [5.41, 5.74) is 4.97. The first kappa shape index (κ1) is 14.8. The van der Waals surface area contributed by atoms with E-state index in [1.54, 1.807) is 0 Å². The third kappa shape index (κ3) is 2.79. The lowest BCUT2D eigenvalue weighted by Crippen LogP contribution is -2.45. The van der Waals surface area contributed by atoms with E-state index < -0.39 is 26.5 Å². The summed E-state index contributed by atoms with van der Waals surface area (Å²) in [6.07, 6.45) is 1.37. The van der Waals surface area contributed by atoms with Crippen LogP contribution in [0.15, 0.2) is 23.1 Å². The van der Waals surface area contributed by atoms with Crippen LogP contribution in [-0.4, -0.2) is 36.8 Å². The third-order valence-corrected chi connectivity index (χ3v) is 5.04. The number of rotatable bonds is 3. The zero-order chi connectivity index (χ0) is 14.9. The molecule has 0 unspecified atom stereocenters. The topological polar surface area (TPSA) is 107 Å². The second kappa shape index (κ2) is 5.43. The van der Waals surface area contributed by atoms with Crippen molar-refractivity contribution >= 4 is 15.7 Å². The fraction of sp³-hybridized carbons (Fsp3) is 0.455. The van der Waals surface area contributed by atoms with Crippen molar-refractivity contribution in [2.45, 2.75) is 23.8 Å². The van der Waals surface area contributed by atoms with Gasteiger partial charge in [-0.2, -0.15) is 8.70 Å². The molecule has 0 aromatic heterocycles. The summed E-state index contributed by atoms with van der Waals surface area (Å²) >= 11 is 0. The largest absolute Gasteiger partial charge is 0.327 e. The number of nitrogens with zero attached hydrogens (tertiary/aromatic N) is 2. The predicted octanol–water partition coefficient (Wildman–Crippen LogP) is 0.846. The van der Waals surface area contributed by atoms with Gasteiger partial charge in [0.05, 0.1) is 9.82 Å². The fourth-order valence-corrected chi connectivity index (χ4v) is 3.69. The lowest BCUT2D eigenvalue weighted by Gasteiger charge is -2.29. The van der Waals surface area contributed by atoms with Crippen LogP contribution in [0.2, 0.25) is 0 Å². The monoisotopic (exact) mass is 303 g/mol. The van der Waals surface area contributed by atoms with Crippen LogP contribution in [0.25, 0.3) is 0 Å². The van der Waals surface area contributed by atoms with E-state index in [1.165, 1.54) is 4.31 Å². The zero-order valence-corrected chi connectivity index (χ0v) is 11.3. The van der Waals surface area contributed by atoms with Gasteiger partial charge in [0.2, 0.25) is 15.8 Å². The van der Waals surface area contributed by atoms with Gasteiger partial charge in [0.1, 0.15) is 0 Å². The van der Waals surface area contributed by atoms with Gasteiger partial charge >= 0.3 is 5.69 Å². The molecule has 0 saturated carbocycles. The summed E-state index contributed by atoms with van der Waals surface area (Å²) in [7, 11) is -3.87. The maximum absolute atomic E-state index is 13.5. The van der Waals surface area contributed by atoms with E-state index in [4.69, 9.17) is 5.73 Å². The molecule has 1 atom stereocenters. The quantitative estimate of drug-likeness (QED) is 0.658. The Morgan fingerprint density at radius 1 is 1.45 bits per heavy atom. The van der Waals surface area contributed by atoms with Gasteiger partial charge in [-0.1, -0.05) is 0 Å². The van der Waals surface area contributed by atoms with Crippen molar-refractivity contribution in [3.8, 4) is 0 Å². The Bertz CT molecular complexity index is 635. The van der Waals surface area contributed by atoms with Gasteiger partial charge in [0.15, 0.2) is 0 Å². The molecule has 1 heterocycles. The predicted molar refractivity (Wildman–Crippen MR) is 69.0 cm³/mol. The highest BCUT2D eigenvalue weighted by Crippen LogP contribution is 2.24. The SMILES string of the molecule is N[C@@H]1CCCN(S(=O)(=O)c2ccc([N+](=O)[O-])c(F)c2)C1. The number of hydrogen-bond acceptors (Lipinski definition) is 5. The number of piperidine rings is 1. The number of sulfonamides is 1. The maximum Gasteiger partial charge on any atom is 0.304 e. The normalized spacial score (nSPS) is 20.8. The molecular weight excluding hydrogens is 289 g/mol. The molecule has 0 aliphatic carbocycles. The molecule has 0 bridgehead atoms. The summed E-state index contributed by atoms with van der Waals surface area (Å²) in [6, 6.07) is 2.32. The molecule has 1 aliphatic rings. The lowest BCUT2D eigenvalue weighted by molar-refractivity contribution is -0.387. The molecular formula is C11H14FN3O4S. The highest BCUT2D eigenvalue weighted by atomic mass is 32.2. The van der Waals surface area contributed by atoms with Crippen molar-refractivity contribution in [1.29, 1.82) is 0 Å². The van der Waals surface area contributed by atoms with Gasteiger partial charge in [-0.15, -0.1) is 0 Å². The number of nitro groups is 1. The van der Waals surface area contributed by atoms with Crippen LogP contribution in [0.5, 0.6) is 0 Å². The first-order chi connectivity index (χ1) is 9.32. The van der Waals surface area contributed by atoms with Crippen LogP contribution in [-0.2, 0) is 10.0 Å². The Morgan fingerprint density at radius 2 is 2.15 bits per heavy atom. The average Bonchev–Trinajstić information content (AvgIpc) is 2.38. The second-order valence-electron chi connectivity index (χ2n) is 4.64. The smallest absolute Gasteiger partial charge is 0.304 e. The van der Waals surface area contributed by atoms with E-state index in [0.29, 0.717) is 19.0 Å². The molecule has 0 spiro atoms. The average molecular weight is 303 g/mol. The third-order valence-electron chi connectivity index (χ3n) is 3.17. The molecule has 1 fully saturated rings. The molecule has 1 aromatic rings. The molecule has 7 nitrogen and oxygen atoms in total. The zero-order valence-electron chi connectivity index (χ0n) is 10.5. The Morgan fingerprint density at radius 3 is 2.70 bits per heavy atom. The van der Waals surface area contributed by atoms with E-state index in [2.05, 4.69) is 0 Å². The molecule has 2 rings (SSSR count). The van der Waals surface area contributed by atoms with Crippen molar-refractivity contribution in [3.63, 3.8) is 0 Å². The van der Waals surface area contributed by atoms with Gasteiger partial charge in [0.25, 0.3) is 0 Å². The molecule has 20 heavy (non-hydrogen) atoms. The van der Waals surface area contributed by atoms with Crippen LogP contribution in [0, 0.1) is 15.9 Å². The lowest BCUT2D eigenvalue weighted by atomic mass is 10.1. The first-order valence-electron chi connectivity index (χ1n) is 6.02. The van der Waals surface area contributed by atoms with Crippen LogP contribution >= 0.6 is 0 Å². The minimum atomic E-state index is -3.87. The minimum Gasteiger partial charge on any atom is -0.327 e. The van der Waals surface area contributed by atoms with Crippen LogP contribution in [0.1, 0.15) is 12.8 Å². The Kier molecular flexibility index (Phi) is 4.02. The molecule has 1 aliphatic heterocycles. The van der Waals surface area contributed by atoms with E-state index >= 15 is 0 Å². The number of hydrogen-bond donors (Lipinski definition) is 1. The molecule has 2 N–H and O–H groups in total. The van der Waals surface area contributed by atoms with Crippen LogP contribution in [0.3, 0.4) is 0 Å². The van der Waals surface area contributed by atoms with Crippen molar-refractivity contribution in [2.75, 3.05) is 13.1 Å². The number of halogens is 1. The van der Waals surface area contributed by atoms with Gasteiger partial charge in [0, 0.05) is 31.3 Å². The highest BCUT2D eigenvalue weighted by Gasteiger charge is 2.30. The van der Waals surface area contributed by atoms with E-state index in [9.17, 15) is 22.9 Å². The van der Waals surface area contributed by atoms with Crippen molar-refractivity contribution < 1.29 is 17.7 Å². The molecule has 9 heteroatoms. The van der Waals surface area contributed by atoms with Gasteiger partial charge < -0.3 is 5.73 Å². The van der Waals surface area contributed by atoms with E-state index in [-0.39, 0.29) is 17.5 Å². The van der Waals surface area contributed by atoms with E-state index in [0.717, 1.165) is 18.6 Å². The van der Waals surface area contributed by atoms with Crippen molar-refractivity contribution in [1.82, 2.24) is 4.31 Å². The van der Waals surface area contributed by atoms with Gasteiger partial charge in [-0.05, 0) is 18.9 Å². The van der Waals surface area contributed by atoms with Crippen molar-refractivity contribution in [2.24, 2.45) is 5.73 Å². The number of nitrogens with two attached hydrogens (primary N) is 1. The second-order valence-corrected chi connectivity index (χ2v) is 6.57. The fourth-order valence-electron chi connectivity index (χ4n) is 2.14. The first-order valence-corrected chi connectivity index (χ1v) is 7.46. The van der Waals surface area contributed by atoms with E-state index in [1.807, 2.05) is 0 Å². The van der Waals surface area contributed by atoms with Gasteiger partial charge in [-0.25, -0.2) is 8.42 Å². The Hall–Kier alpha value is -1.58. The summed E-state index contributed by atoms with van der Waals surface area (Å²) in [4.78, 5) is 9.32. The highest BCUT2D eigenvalue weighted by molar-refractivity contribution is 7.89. The molecule has 1 saturated heterocycles. The molecule has 110 valence electrons. The Balaban J connectivity index is 2.34. The summed E-state index contributed by atoms with van der Waals surface area (Å²) in [5, 5.41) is 10.5. The summed E-state index contributed by atoms with van der Waals surface area (Å²) in [6.45, 7) is 0.482. The summed E-state index contributed by atoms with van der Waals surface area (Å²) < 4.78 is 39.3. The summed E-state index contributed by atoms with van der Waals surface area (Å²) in [5.74, 6) is -1.17.